The van der Waals surface area contributed by atoms with E-state index in [4.69, 9.17) is 15.7 Å². The Kier molecular flexibility index (Phi) is 5.43. The molecule has 6 heteroatoms. The van der Waals surface area contributed by atoms with Crippen molar-refractivity contribution in [2.24, 2.45) is 10.9 Å². The molecule has 1 amide bonds. The third-order valence-electron chi connectivity index (χ3n) is 1.59. The summed E-state index contributed by atoms with van der Waals surface area (Å²) in [6, 6.07) is -0.0608. The highest BCUT2D eigenvalue weighted by atomic mass is 16.6. The molecule has 0 aliphatic rings. The van der Waals surface area contributed by atoms with Gasteiger partial charge in [0, 0.05) is 6.04 Å². The third-order valence-corrected chi connectivity index (χ3v) is 1.59. The normalized spacial score (nSPS) is 11.6. The van der Waals surface area contributed by atoms with Gasteiger partial charge in [-0.2, -0.15) is 0 Å². The van der Waals surface area contributed by atoms with Gasteiger partial charge in [-0.15, -0.1) is 0 Å². The molecule has 0 spiro atoms. The maximum atomic E-state index is 11.3. The predicted molar refractivity (Wildman–Crippen MR) is 52.3 cm³/mol. The standard InChI is InChI=1S/C8H17N3O3/c1-4-14-8(12)11(6(2)3)5-7(9)10-13/h6,13H,4-5H2,1-3H3,(H2,9,10). The van der Waals surface area contributed by atoms with Crippen LogP contribution in [0.25, 0.3) is 0 Å². The largest absolute Gasteiger partial charge is 0.450 e. The summed E-state index contributed by atoms with van der Waals surface area (Å²) in [6.45, 7) is 5.73. The van der Waals surface area contributed by atoms with Crippen molar-refractivity contribution in [2.45, 2.75) is 26.8 Å². The summed E-state index contributed by atoms with van der Waals surface area (Å²) in [6.07, 6.45) is -0.464. The Morgan fingerprint density at radius 2 is 2.21 bits per heavy atom. The van der Waals surface area contributed by atoms with Crippen LogP contribution in [0.5, 0.6) is 0 Å². The minimum absolute atomic E-state index is 0.0215. The highest BCUT2D eigenvalue weighted by Crippen LogP contribution is 2.01. The zero-order valence-corrected chi connectivity index (χ0v) is 8.73. The molecule has 0 aromatic carbocycles. The van der Waals surface area contributed by atoms with E-state index in [1.807, 2.05) is 13.8 Å². The maximum absolute atomic E-state index is 11.3. The highest BCUT2D eigenvalue weighted by Gasteiger charge is 2.19. The van der Waals surface area contributed by atoms with Crippen molar-refractivity contribution in [3.63, 3.8) is 0 Å². The molecule has 0 fully saturated rings. The molecule has 0 unspecified atom stereocenters. The van der Waals surface area contributed by atoms with Crippen LogP contribution in [0.4, 0.5) is 4.79 Å². The summed E-state index contributed by atoms with van der Waals surface area (Å²) in [4.78, 5) is 12.7. The lowest BCUT2D eigenvalue weighted by Gasteiger charge is -2.24. The second-order valence-electron chi connectivity index (χ2n) is 3.01. The van der Waals surface area contributed by atoms with Crippen LogP contribution in [0.1, 0.15) is 20.8 Å². The van der Waals surface area contributed by atoms with Gasteiger partial charge in [0.1, 0.15) is 0 Å². The molecule has 0 saturated heterocycles. The molecule has 6 nitrogen and oxygen atoms in total. The van der Waals surface area contributed by atoms with E-state index in [1.54, 1.807) is 6.92 Å². The average molecular weight is 203 g/mol. The van der Waals surface area contributed by atoms with Gasteiger partial charge in [0.2, 0.25) is 0 Å². The molecule has 0 atom stereocenters. The number of nitrogens with two attached hydrogens (primary N) is 1. The zero-order valence-electron chi connectivity index (χ0n) is 8.73. The van der Waals surface area contributed by atoms with Gasteiger partial charge in [0.05, 0.1) is 13.2 Å². The Morgan fingerprint density at radius 1 is 1.64 bits per heavy atom. The lowest BCUT2D eigenvalue weighted by atomic mass is 10.3. The Balaban J connectivity index is 4.36. The number of amides is 1. The summed E-state index contributed by atoms with van der Waals surface area (Å²) < 4.78 is 4.81. The first-order valence-electron chi connectivity index (χ1n) is 4.42. The first-order valence-corrected chi connectivity index (χ1v) is 4.42. The Hall–Kier alpha value is -1.46. The average Bonchev–Trinajstić information content (AvgIpc) is 2.13. The van der Waals surface area contributed by atoms with Crippen LogP contribution in [-0.4, -0.2) is 41.2 Å². The van der Waals surface area contributed by atoms with Gasteiger partial charge in [-0.05, 0) is 20.8 Å². The van der Waals surface area contributed by atoms with Crippen molar-refractivity contribution in [1.82, 2.24) is 4.90 Å². The van der Waals surface area contributed by atoms with Gasteiger partial charge in [0.25, 0.3) is 0 Å². The molecule has 0 radical (unpaired) electrons. The second kappa shape index (κ2) is 6.06. The molecule has 0 aliphatic carbocycles. The molecular weight excluding hydrogens is 186 g/mol. The number of oxime groups is 1. The van der Waals surface area contributed by atoms with E-state index >= 15 is 0 Å². The molecule has 0 aliphatic heterocycles. The van der Waals surface area contributed by atoms with Gasteiger partial charge in [-0.3, -0.25) is 4.90 Å². The molecule has 0 aromatic rings. The van der Waals surface area contributed by atoms with E-state index in [2.05, 4.69) is 5.16 Å². The van der Waals surface area contributed by atoms with Crippen molar-refractivity contribution in [2.75, 3.05) is 13.2 Å². The van der Waals surface area contributed by atoms with E-state index in [1.165, 1.54) is 4.90 Å². The molecule has 0 saturated carbocycles. The monoisotopic (exact) mass is 203 g/mol. The minimum atomic E-state index is -0.464. The quantitative estimate of drug-likeness (QED) is 0.303. The lowest BCUT2D eigenvalue weighted by Crippen LogP contribution is -2.43. The Labute approximate surface area is 83.3 Å². The first kappa shape index (κ1) is 12.5. The van der Waals surface area contributed by atoms with Crippen molar-refractivity contribution >= 4 is 11.9 Å². The topological polar surface area (TPSA) is 88.2 Å². The van der Waals surface area contributed by atoms with E-state index in [0.717, 1.165) is 0 Å². The molecule has 0 rings (SSSR count). The summed E-state index contributed by atoms with van der Waals surface area (Å²) in [5.41, 5.74) is 5.30. The highest BCUT2D eigenvalue weighted by molar-refractivity contribution is 5.85. The number of hydrogen-bond donors (Lipinski definition) is 2. The van der Waals surface area contributed by atoms with E-state index in [-0.39, 0.29) is 18.4 Å². The summed E-state index contributed by atoms with van der Waals surface area (Å²) in [7, 11) is 0. The third kappa shape index (κ3) is 3.97. The van der Waals surface area contributed by atoms with Crippen LogP contribution in [0.2, 0.25) is 0 Å². The van der Waals surface area contributed by atoms with Crippen molar-refractivity contribution in [3.8, 4) is 0 Å². The van der Waals surface area contributed by atoms with Gasteiger partial charge in [-0.25, -0.2) is 4.79 Å². The summed E-state index contributed by atoms with van der Waals surface area (Å²) >= 11 is 0. The number of rotatable bonds is 4. The first-order chi connectivity index (χ1) is 6.52. The number of nitrogens with zero attached hydrogens (tertiary/aromatic N) is 2. The molecule has 82 valence electrons. The Morgan fingerprint density at radius 3 is 2.57 bits per heavy atom. The number of carbonyl (C=O) groups excluding carboxylic acids is 1. The van der Waals surface area contributed by atoms with Crippen LogP contribution < -0.4 is 5.73 Å². The molecule has 0 aromatic heterocycles. The van der Waals surface area contributed by atoms with Gasteiger partial charge < -0.3 is 15.7 Å². The maximum Gasteiger partial charge on any atom is 0.410 e. The minimum Gasteiger partial charge on any atom is -0.450 e. The number of ether oxygens (including phenoxy) is 1. The van der Waals surface area contributed by atoms with Gasteiger partial charge in [-0.1, -0.05) is 5.16 Å². The van der Waals surface area contributed by atoms with Crippen molar-refractivity contribution in [1.29, 1.82) is 0 Å². The summed E-state index contributed by atoms with van der Waals surface area (Å²) in [5, 5.41) is 11.2. The van der Waals surface area contributed by atoms with E-state index in [0.29, 0.717) is 6.61 Å². The summed E-state index contributed by atoms with van der Waals surface area (Å²) in [5.74, 6) is -0.0215. The van der Waals surface area contributed by atoms with Crippen molar-refractivity contribution in [3.05, 3.63) is 0 Å². The van der Waals surface area contributed by atoms with Crippen LogP contribution in [0, 0.1) is 0 Å². The lowest BCUT2D eigenvalue weighted by molar-refractivity contribution is 0.102. The van der Waals surface area contributed by atoms with Gasteiger partial charge in [0.15, 0.2) is 5.84 Å². The van der Waals surface area contributed by atoms with Crippen LogP contribution in [0.15, 0.2) is 5.16 Å². The fourth-order valence-corrected chi connectivity index (χ4v) is 0.870. The smallest absolute Gasteiger partial charge is 0.410 e. The zero-order chi connectivity index (χ0) is 11.1. The van der Waals surface area contributed by atoms with E-state index in [9.17, 15) is 4.79 Å². The SMILES string of the molecule is CCOC(=O)N(CC(N)=NO)C(C)C. The number of carbonyl (C=O) groups is 1. The fourth-order valence-electron chi connectivity index (χ4n) is 0.870. The predicted octanol–water partition coefficient (Wildman–Crippen LogP) is 0.600. The van der Waals surface area contributed by atoms with Crippen LogP contribution in [0.3, 0.4) is 0 Å². The number of amidine groups is 1. The molecule has 0 heterocycles. The van der Waals surface area contributed by atoms with Crippen LogP contribution >= 0.6 is 0 Å². The molecule has 14 heavy (non-hydrogen) atoms. The second-order valence-corrected chi connectivity index (χ2v) is 3.01. The van der Waals surface area contributed by atoms with Crippen LogP contribution in [-0.2, 0) is 4.74 Å². The number of hydrogen-bond acceptors (Lipinski definition) is 4. The van der Waals surface area contributed by atoms with Crippen molar-refractivity contribution < 1.29 is 14.7 Å². The van der Waals surface area contributed by atoms with E-state index < -0.39 is 6.09 Å². The molecular formula is C8H17N3O3. The molecule has 0 bridgehead atoms. The fraction of sp³-hybridized carbons (Fsp3) is 0.750. The molecule has 3 N–H and O–H groups in total. The van der Waals surface area contributed by atoms with Gasteiger partial charge >= 0.3 is 6.09 Å². The Bertz CT molecular complexity index is 216.